The highest BCUT2D eigenvalue weighted by Gasteiger charge is 2.19. The molecular weight excluding hydrogens is 356 g/mol. The van der Waals surface area contributed by atoms with Crippen molar-refractivity contribution in [2.75, 3.05) is 31.0 Å². The molecule has 0 heterocycles. The zero-order chi connectivity index (χ0) is 19.1. The van der Waals surface area contributed by atoms with Gasteiger partial charge in [-0.1, -0.05) is 29.8 Å². The summed E-state index contributed by atoms with van der Waals surface area (Å²) in [6.45, 7) is 2.32. The second kappa shape index (κ2) is 9.10. The van der Waals surface area contributed by atoms with Crippen LogP contribution in [-0.4, -0.2) is 32.6 Å². The number of anilines is 2. The number of hydrogen-bond acceptors (Lipinski definition) is 4. The molecule has 138 valence electrons. The maximum Gasteiger partial charge on any atom is 0.236 e. The van der Waals surface area contributed by atoms with Crippen molar-refractivity contribution in [2.24, 2.45) is 0 Å². The van der Waals surface area contributed by atoms with Gasteiger partial charge in [-0.2, -0.15) is 0 Å². The standard InChI is InChI=1S/C19H21ClN2O4/c1-4-22(13-8-6-5-7-9-13)19(24)12-18(23)21-15-11-16(25-2)14(20)10-17(15)26-3/h5-11H,4,12H2,1-3H3,(H,21,23). The number of carbonyl (C=O) groups excluding carboxylic acids is 2. The Morgan fingerprint density at radius 3 is 2.31 bits per heavy atom. The van der Waals surface area contributed by atoms with E-state index in [0.717, 1.165) is 5.69 Å². The Kier molecular flexibility index (Phi) is 6.86. The molecule has 0 aromatic heterocycles. The molecule has 26 heavy (non-hydrogen) atoms. The molecule has 2 amide bonds. The Balaban J connectivity index is 2.12. The van der Waals surface area contributed by atoms with Gasteiger partial charge in [-0.25, -0.2) is 0 Å². The minimum absolute atomic E-state index is 0.295. The van der Waals surface area contributed by atoms with Gasteiger partial charge in [-0.3, -0.25) is 9.59 Å². The van der Waals surface area contributed by atoms with Crippen molar-refractivity contribution in [1.82, 2.24) is 0 Å². The Bertz CT molecular complexity index is 781. The highest BCUT2D eigenvalue weighted by atomic mass is 35.5. The van der Waals surface area contributed by atoms with Gasteiger partial charge in [0, 0.05) is 24.4 Å². The zero-order valence-corrected chi connectivity index (χ0v) is 15.7. The summed E-state index contributed by atoms with van der Waals surface area (Å²) in [5.74, 6) is 0.0312. The van der Waals surface area contributed by atoms with E-state index in [4.69, 9.17) is 21.1 Å². The third kappa shape index (κ3) is 4.67. The van der Waals surface area contributed by atoms with Crippen LogP contribution in [0.15, 0.2) is 42.5 Å². The monoisotopic (exact) mass is 376 g/mol. The van der Waals surface area contributed by atoms with Crippen molar-refractivity contribution in [1.29, 1.82) is 0 Å². The lowest BCUT2D eigenvalue weighted by Crippen LogP contribution is -2.33. The van der Waals surface area contributed by atoms with Crippen molar-refractivity contribution in [3.63, 3.8) is 0 Å². The summed E-state index contributed by atoms with van der Waals surface area (Å²) in [6, 6.07) is 12.3. The highest BCUT2D eigenvalue weighted by Crippen LogP contribution is 2.35. The minimum Gasteiger partial charge on any atom is -0.495 e. The SMILES string of the molecule is CCN(C(=O)CC(=O)Nc1cc(OC)c(Cl)cc1OC)c1ccccc1. The van der Waals surface area contributed by atoms with Gasteiger partial charge in [-0.05, 0) is 19.1 Å². The number of rotatable bonds is 7. The number of halogens is 1. The maximum absolute atomic E-state index is 12.5. The molecule has 0 aliphatic carbocycles. The molecule has 0 radical (unpaired) electrons. The first-order chi connectivity index (χ1) is 12.5. The molecule has 0 atom stereocenters. The van der Waals surface area contributed by atoms with Gasteiger partial charge < -0.3 is 19.7 Å². The van der Waals surface area contributed by atoms with E-state index in [-0.39, 0.29) is 12.3 Å². The molecule has 7 heteroatoms. The number of hydrogen-bond donors (Lipinski definition) is 1. The Hall–Kier alpha value is -2.73. The van der Waals surface area contributed by atoms with E-state index in [0.29, 0.717) is 28.8 Å². The Morgan fingerprint density at radius 1 is 1.08 bits per heavy atom. The quantitative estimate of drug-likeness (QED) is 0.747. The van der Waals surface area contributed by atoms with Crippen molar-refractivity contribution in [2.45, 2.75) is 13.3 Å². The number of benzene rings is 2. The number of nitrogens with one attached hydrogen (secondary N) is 1. The zero-order valence-electron chi connectivity index (χ0n) is 14.9. The Morgan fingerprint density at radius 2 is 1.73 bits per heavy atom. The van der Waals surface area contributed by atoms with Crippen molar-refractivity contribution >= 4 is 34.8 Å². The van der Waals surface area contributed by atoms with Crippen LogP contribution in [0.5, 0.6) is 11.5 Å². The predicted octanol–water partition coefficient (Wildman–Crippen LogP) is 3.74. The van der Waals surface area contributed by atoms with Gasteiger partial charge in [0.1, 0.15) is 17.9 Å². The topological polar surface area (TPSA) is 67.9 Å². The number of para-hydroxylation sites is 1. The maximum atomic E-state index is 12.5. The van der Waals surface area contributed by atoms with Gasteiger partial charge >= 0.3 is 0 Å². The average Bonchev–Trinajstić information content (AvgIpc) is 2.64. The largest absolute Gasteiger partial charge is 0.495 e. The molecule has 0 unspecified atom stereocenters. The molecule has 0 aliphatic heterocycles. The van der Waals surface area contributed by atoms with Crippen LogP contribution in [-0.2, 0) is 9.59 Å². The molecule has 2 aromatic rings. The van der Waals surface area contributed by atoms with E-state index < -0.39 is 5.91 Å². The summed E-state index contributed by atoms with van der Waals surface area (Å²) in [4.78, 5) is 26.4. The fourth-order valence-corrected chi connectivity index (χ4v) is 2.73. The van der Waals surface area contributed by atoms with Crippen LogP contribution in [0.2, 0.25) is 5.02 Å². The third-order valence-electron chi connectivity index (χ3n) is 3.74. The van der Waals surface area contributed by atoms with Crippen molar-refractivity contribution < 1.29 is 19.1 Å². The molecule has 0 saturated carbocycles. The van der Waals surface area contributed by atoms with Gasteiger partial charge in [0.05, 0.1) is 24.9 Å². The lowest BCUT2D eigenvalue weighted by atomic mass is 10.2. The van der Waals surface area contributed by atoms with Crippen LogP contribution in [0.1, 0.15) is 13.3 Å². The van der Waals surface area contributed by atoms with Gasteiger partial charge in [0.15, 0.2) is 0 Å². The van der Waals surface area contributed by atoms with Crippen LogP contribution >= 0.6 is 11.6 Å². The van der Waals surface area contributed by atoms with E-state index in [1.807, 2.05) is 37.3 Å². The molecule has 0 fully saturated rings. The molecule has 6 nitrogen and oxygen atoms in total. The van der Waals surface area contributed by atoms with Gasteiger partial charge in [-0.15, -0.1) is 0 Å². The molecule has 1 N–H and O–H groups in total. The number of amides is 2. The van der Waals surface area contributed by atoms with E-state index in [1.54, 1.807) is 17.0 Å². The summed E-state index contributed by atoms with van der Waals surface area (Å²) >= 11 is 6.05. The summed E-state index contributed by atoms with van der Waals surface area (Å²) < 4.78 is 10.4. The molecule has 2 aromatic carbocycles. The van der Waals surface area contributed by atoms with Crippen LogP contribution < -0.4 is 19.7 Å². The molecular formula is C19H21ClN2O4. The lowest BCUT2D eigenvalue weighted by Gasteiger charge is -2.21. The van der Waals surface area contributed by atoms with Crippen LogP contribution in [0, 0.1) is 0 Å². The molecule has 0 bridgehead atoms. The van der Waals surface area contributed by atoms with E-state index >= 15 is 0 Å². The van der Waals surface area contributed by atoms with Crippen molar-refractivity contribution in [3.8, 4) is 11.5 Å². The number of carbonyl (C=O) groups is 2. The summed E-state index contributed by atoms with van der Waals surface area (Å²) in [5.41, 5.74) is 1.13. The highest BCUT2D eigenvalue weighted by molar-refractivity contribution is 6.32. The first-order valence-electron chi connectivity index (χ1n) is 8.07. The first kappa shape index (κ1) is 19.6. The molecule has 0 spiro atoms. The predicted molar refractivity (Wildman–Crippen MR) is 102 cm³/mol. The molecule has 0 aliphatic rings. The first-order valence-corrected chi connectivity index (χ1v) is 8.44. The van der Waals surface area contributed by atoms with Crippen LogP contribution in [0.25, 0.3) is 0 Å². The summed E-state index contributed by atoms with van der Waals surface area (Å²) in [5, 5.41) is 3.04. The van der Waals surface area contributed by atoms with Crippen LogP contribution in [0.3, 0.4) is 0 Å². The lowest BCUT2D eigenvalue weighted by molar-refractivity contribution is -0.125. The normalized spacial score (nSPS) is 10.2. The average molecular weight is 377 g/mol. The van der Waals surface area contributed by atoms with Gasteiger partial charge in [0.25, 0.3) is 0 Å². The molecule has 2 rings (SSSR count). The summed E-state index contributed by atoms with van der Waals surface area (Å²) in [7, 11) is 2.94. The number of nitrogens with zero attached hydrogens (tertiary/aromatic N) is 1. The second-order valence-electron chi connectivity index (χ2n) is 5.39. The van der Waals surface area contributed by atoms with Gasteiger partial charge in [0.2, 0.25) is 11.8 Å². The van der Waals surface area contributed by atoms with E-state index in [2.05, 4.69) is 5.32 Å². The third-order valence-corrected chi connectivity index (χ3v) is 4.04. The minimum atomic E-state index is -0.452. The fourth-order valence-electron chi connectivity index (χ4n) is 2.50. The smallest absolute Gasteiger partial charge is 0.236 e. The summed E-state index contributed by atoms with van der Waals surface area (Å²) in [6.07, 6.45) is -0.295. The number of methoxy groups -OCH3 is 2. The van der Waals surface area contributed by atoms with E-state index in [9.17, 15) is 9.59 Å². The molecule has 0 saturated heterocycles. The van der Waals surface area contributed by atoms with E-state index in [1.165, 1.54) is 14.2 Å². The van der Waals surface area contributed by atoms with Crippen molar-refractivity contribution in [3.05, 3.63) is 47.5 Å². The fraction of sp³-hybridized carbons (Fsp3) is 0.263. The number of ether oxygens (including phenoxy) is 2. The second-order valence-corrected chi connectivity index (χ2v) is 5.79. The Labute approximate surface area is 157 Å². The van der Waals surface area contributed by atoms with Crippen LogP contribution in [0.4, 0.5) is 11.4 Å².